The lowest BCUT2D eigenvalue weighted by Gasteiger charge is -2.03. The van der Waals surface area contributed by atoms with Gasteiger partial charge in [-0.05, 0) is 23.8 Å². The standard InChI is InChI=1S/C15H13NO2S/c1-18-11-7-8-12-13(9-11)19(17)15(14(12)16)10-5-3-2-4-6-10/h2-9H,16H2,1H3. The van der Waals surface area contributed by atoms with Crippen LogP contribution in [0.3, 0.4) is 0 Å². The van der Waals surface area contributed by atoms with Crippen LogP contribution in [0.4, 0.5) is 0 Å². The Kier molecular flexibility index (Phi) is 2.87. The number of nitrogens with two attached hydrogens (primary N) is 1. The van der Waals surface area contributed by atoms with Crippen LogP contribution in [0, 0.1) is 0 Å². The molecule has 19 heavy (non-hydrogen) atoms. The molecule has 2 aromatic rings. The van der Waals surface area contributed by atoms with Crippen LogP contribution in [-0.4, -0.2) is 11.3 Å². The van der Waals surface area contributed by atoms with E-state index in [1.165, 1.54) is 0 Å². The van der Waals surface area contributed by atoms with Crippen LogP contribution in [0.25, 0.3) is 10.6 Å². The summed E-state index contributed by atoms with van der Waals surface area (Å²) in [6.45, 7) is 0. The van der Waals surface area contributed by atoms with Crippen molar-refractivity contribution in [3.05, 3.63) is 59.7 Å². The van der Waals surface area contributed by atoms with Gasteiger partial charge in [-0.3, -0.25) is 0 Å². The first-order valence-electron chi connectivity index (χ1n) is 5.87. The average Bonchev–Trinajstić information content (AvgIpc) is 2.71. The molecule has 0 amide bonds. The molecule has 0 radical (unpaired) electrons. The highest BCUT2D eigenvalue weighted by molar-refractivity contribution is 7.95. The molecule has 0 aromatic heterocycles. The molecular formula is C15H13NO2S. The zero-order chi connectivity index (χ0) is 13.4. The molecule has 3 rings (SSSR count). The molecule has 4 heteroatoms. The first-order valence-corrected chi connectivity index (χ1v) is 7.02. The maximum atomic E-state index is 12.6. The van der Waals surface area contributed by atoms with Crippen molar-refractivity contribution in [1.82, 2.24) is 0 Å². The molecule has 1 aliphatic heterocycles. The fourth-order valence-corrected chi connectivity index (χ4v) is 3.67. The lowest BCUT2D eigenvalue weighted by molar-refractivity contribution is 0.413. The smallest absolute Gasteiger partial charge is 0.120 e. The van der Waals surface area contributed by atoms with Gasteiger partial charge in [0.2, 0.25) is 0 Å². The van der Waals surface area contributed by atoms with Crippen LogP contribution in [0.5, 0.6) is 5.75 Å². The lowest BCUT2D eigenvalue weighted by atomic mass is 10.1. The van der Waals surface area contributed by atoms with Gasteiger partial charge in [0.15, 0.2) is 0 Å². The van der Waals surface area contributed by atoms with Crippen molar-refractivity contribution in [3.63, 3.8) is 0 Å². The Morgan fingerprint density at radius 1 is 1.11 bits per heavy atom. The molecular weight excluding hydrogens is 258 g/mol. The number of methoxy groups -OCH3 is 1. The van der Waals surface area contributed by atoms with Gasteiger partial charge in [0.05, 0.1) is 33.4 Å². The molecule has 0 saturated heterocycles. The van der Waals surface area contributed by atoms with Crippen molar-refractivity contribution in [2.24, 2.45) is 5.73 Å². The Labute approximate surface area is 114 Å². The van der Waals surface area contributed by atoms with Crippen LogP contribution in [0.1, 0.15) is 11.1 Å². The molecule has 0 saturated carbocycles. The Balaban J connectivity index is 2.16. The molecule has 2 N–H and O–H groups in total. The van der Waals surface area contributed by atoms with Crippen molar-refractivity contribution in [1.29, 1.82) is 0 Å². The van der Waals surface area contributed by atoms with Crippen LogP contribution in [0.15, 0.2) is 53.4 Å². The summed E-state index contributed by atoms with van der Waals surface area (Å²) in [5.41, 5.74) is 8.46. The van der Waals surface area contributed by atoms with Crippen molar-refractivity contribution in [3.8, 4) is 5.75 Å². The fraction of sp³-hybridized carbons (Fsp3) is 0.0667. The highest BCUT2D eigenvalue weighted by Crippen LogP contribution is 2.40. The van der Waals surface area contributed by atoms with E-state index in [1.54, 1.807) is 13.2 Å². The van der Waals surface area contributed by atoms with Gasteiger partial charge in [-0.1, -0.05) is 30.3 Å². The molecule has 1 atom stereocenters. The van der Waals surface area contributed by atoms with Crippen molar-refractivity contribution in [2.45, 2.75) is 4.90 Å². The van der Waals surface area contributed by atoms with Crippen LogP contribution in [0.2, 0.25) is 0 Å². The number of ether oxygens (including phenoxy) is 1. The van der Waals surface area contributed by atoms with E-state index in [2.05, 4.69) is 0 Å². The minimum atomic E-state index is -1.25. The zero-order valence-corrected chi connectivity index (χ0v) is 11.2. The SMILES string of the molecule is COc1ccc2c(c1)S(=O)C(c1ccccc1)=C2N. The number of hydrogen-bond donors (Lipinski definition) is 1. The Bertz CT molecular complexity index is 693. The van der Waals surface area contributed by atoms with Gasteiger partial charge < -0.3 is 10.5 Å². The van der Waals surface area contributed by atoms with Crippen molar-refractivity contribution < 1.29 is 8.95 Å². The number of benzene rings is 2. The second-order valence-corrected chi connectivity index (χ2v) is 5.63. The van der Waals surface area contributed by atoms with E-state index in [-0.39, 0.29) is 0 Å². The molecule has 0 spiro atoms. The summed E-state index contributed by atoms with van der Waals surface area (Å²) >= 11 is 0. The second kappa shape index (κ2) is 4.55. The predicted octanol–water partition coefficient (Wildman–Crippen LogP) is 2.60. The zero-order valence-electron chi connectivity index (χ0n) is 10.4. The summed E-state index contributed by atoms with van der Waals surface area (Å²) in [6, 6.07) is 15.1. The summed E-state index contributed by atoms with van der Waals surface area (Å²) in [4.78, 5) is 1.40. The Morgan fingerprint density at radius 3 is 2.53 bits per heavy atom. The second-order valence-electron chi connectivity index (χ2n) is 4.24. The number of fused-ring (bicyclic) bond motifs is 1. The Hall–Kier alpha value is -2.07. The summed E-state index contributed by atoms with van der Waals surface area (Å²) in [5, 5.41) is 0. The molecule has 0 bridgehead atoms. The van der Waals surface area contributed by atoms with Crippen molar-refractivity contribution in [2.75, 3.05) is 7.11 Å². The topological polar surface area (TPSA) is 52.3 Å². The summed E-state index contributed by atoms with van der Waals surface area (Å²) in [5.74, 6) is 0.689. The van der Waals surface area contributed by atoms with E-state index in [0.29, 0.717) is 16.4 Å². The van der Waals surface area contributed by atoms with Crippen molar-refractivity contribution >= 4 is 21.4 Å². The maximum Gasteiger partial charge on any atom is 0.120 e. The molecule has 0 fully saturated rings. The molecule has 1 unspecified atom stereocenters. The van der Waals surface area contributed by atoms with Gasteiger partial charge >= 0.3 is 0 Å². The molecule has 1 aliphatic rings. The highest BCUT2D eigenvalue weighted by atomic mass is 32.2. The minimum Gasteiger partial charge on any atom is -0.497 e. The third kappa shape index (κ3) is 1.85. The molecule has 0 aliphatic carbocycles. The summed E-state index contributed by atoms with van der Waals surface area (Å²) in [7, 11) is 0.338. The normalized spacial score (nSPS) is 17.4. The lowest BCUT2D eigenvalue weighted by Crippen LogP contribution is -1.96. The van der Waals surface area contributed by atoms with Crippen LogP contribution < -0.4 is 10.5 Å². The maximum absolute atomic E-state index is 12.6. The van der Waals surface area contributed by atoms with E-state index in [9.17, 15) is 4.21 Å². The van der Waals surface area contributed by atoms with Gasteiger partial charge in [0.1, 0.15) is 5.75 Å². The predicted molar refractivity (Wildman–Crippen MR) is 76.8 cm³/mol. The number of rotatable bonds is 2. The summed E-state index contributed by atoms with van der Waals surface area (Å²) < 4.78 is 17.8. The third-order valence-electron chi connectivity index (χ3n) is 3.14. The third-order valence-corrected chi connectivity index (χ3v) is 4.71. The minimum absolute atomic E-state index is 0.585. The monoisotopic (exact) mass is 271 g/mol. The van der Waals surface area contributed by atoms with E-state index in [1.807, 2.05) is 42.5 Å². The first kappa shape index (κ1) is 12.0. The highest BCUT2D eigenvalue weighted by Gasteiger charge is 2.28. The van der Waals surface area contributed by atoms with Gasteiger partial charge in [0.25, 0.3) is 0 Å². The average molecular weight is 271 g/mol. The van der Waals surface area contributed by atoms with Gasteiger partial charge in [-0.15, -0.1) is 0 Å². The molecule has 1 heterocycles. The molecule has 3 nitrogen and oxygen atoms in total. The van der Waals surface area contributed by atoms with E-state index >= 15 is 0 Å². The van der Waals surface area contributed by atoms with Crippen LogP contribution in [-0.2, 0) is 10.8 Å². The molecule has 96 valence electrons. The quantitative estimate of drug-likeness (QED) is 0.913. The fourth-order valence-electron chi connectivity index (χ4n) is 2.19. The van der Waals surface area contributed by atoms with Crippen LogP contribution >= 0.6 is 0 Å². The van der Waals surface area contributed by atoms with Gasteiger partial charge in [0, 0.05) is 5.56 Å². The Morgan fingerprint density at radius 2 is 1.84 bits per heavy atom. The van der Waals surface area contributed by atoms with E-state index in [4.69, 9.17) is 10.5 Å². The number of hydrogen-bond acceptors (Lipinski definition) is 3. The first-order chi connectivity index (χ1) is 9.22. The summed E-state index contributed by atoms with van der Waals surface area (Å²) in [6.07, 6.45) is 0. The molecule has 2 aromatic carbocycles. The van der Waals surface area contributed by atoms with E-state index < -0.39 is 10.8 Å². The van der Waals surface area contributed by atoms with Gasteiger partial charge in [-0.2, -0.15) is 0 Å². The van der Waals surface area contributed by atoms with Gasteiger partial charge in [-0.25, -0.2) is 4.21 Å². The largest absolute Gasteiger partial charge is 0.497 e. The van der Waals surface area contributed by atoms with E-state index in [0.717, 1.165) is 16.0 Å².